The fourth-order valence-corrected chi connectivity index (χ4v) is 6.53. The van der Waals surface area contributed by atoms with E-state index in [0.29, 0.717) is 40.9 Å². The van der Waals surface area contributed by atoms with Gasteiger partial charge in [-0.2, -0.15) is 4.31 Å². The summed E-state index contributed by atoms with van der Waals surface area (Å²) >= 11 is 0. The Labute approximate surface area is 232 Å². The number of nitrogens with two attached hydrogens (primary N) is 2. The number of methoxy groups -OCH3 is 1. The number of sulfonamides is 1. The van der Waals surface area contributed by atoms with Gasteiger partial charge in [0, 0.05) is 36.0 Å². The average Bonchev–Trinajstić information content (AvgIpc) is 3.38. The number of ether oxygens (including phenoxy) is 1. The molecule has 1 amide bonds. The highest BCUT2D eigenvalue weighted by atomic mass is 32.2. The molecule has 1 fully saturated rings. The maximum Gasteiger partial charge on any atom is 0.245 e. The number of fused-ring (bicyclic) bond motifs is 1. The van der Waals surface area contributed by atoms with Crippen LogP contribution in [0.3, 0.4) is 0 Å². The SMILES string of the molecule is COc1ccc2ccc(S(=O)(=O)N(Cc3ccccn3)C(c3cc(C(=N)N)ccc3N)N3CCCC3=O)cc2c1. The molecular formula is C29H30N6O4S. The molecule has 5 N–H and O–H groups in total. The maximum atomic E-state index is 14.6. The molecule has 11 heteroatoms. The van der Waals surface area contributed by atoms with Crippen LogP contribution in [0.5, 0.6) is 5.75 Å². The monoisotopic (exact) mass is 558 g/mol. The molecule has 206 valence electrons. The summed E-state index contributed by atoms with van der Waals surface area (Å²) in [6.07, 6.45) is 1.36. The Morgan fingerprint density at radius 1 is 1.10 bits per heavy atom. The van der Waals surface area contributed by atoms with Crippen LogP contribution in [0.2, 0.25) is 0 Å². The van der Waals surface area contributed by atoms with Crippen LogP contribution in [0, 0.1) is 5.41 Å². The first-order valence-corrected chi connectivity index (χ1v) is 14.2. The van der Waals surface area contributed by atoms with Crippen molar-refractivity contribution in [2.45, 2.75) is 30.4 Å². The smallest absolute Gasteiger partial charge is 0.245 e. The molecule has 1 unspecified atom stereocenters. The van der Waals surface area contributed by atoms with Crippen molar-refractivity contribution in [1.29, 1.82) is 5.41 Å². The Bertz CT molecular complexity index is 1690. The Morgan fingerprint density at radius 3 is 2.58 bits per heavy atom. The second-order valence-electron chi connectivity index (χ2n) is 9.57. The van der Waals surface area contributed by atoms with E-state index in [1.165, 1.54) is 9.21 Å². The second-order valence-corrected chi connectivity index (χ2v) is 11.5. The van der Waals surface area contributed by atoms with Gasteiger partial charge in [-0.05, 0) is 71.8 Å². The number of nitrogens with zero attached hydrogens (tertiary/aromatic N) is 3. The summed E-state index contributed by atoms with van der Waals surface area (Å²) in [6, 6.07) is 20.3. The van der Waals surface area contributed by atoms with E-state index in [1.807, 2.05) is 12.1 Å². The molecule has 4 aromatic rings. The van der Waals surface area contributed by atoms with E-state index in [0.717, 1.165) is 5.39 Å². The van der Waals surface area contributed by atoms with E-state index in [1.54, 1.807) is 74.0 Å². The lowest BCUT2D eigenvalue weighted by Crippen LogP contribution is -2.45. The molecule has 0 radical (unpaired) electrons. The number of hydrogen-bond donors (Lipinski definition) is 3. The third-order valence-electron chi connectivity index (χ3n) is 7.02. The summed E-state index contributed by atoms with van der Waals surface area (Å²) in [6.45, 7) is 0.216. The molecule has 5 rings (SSSR count). The van der Waals surface area contributed by atoms with Gasteiger partial charge in [-0.1, -0.05) is 18.2 Å². The van der Waals surface area contributed by atoms with E-state index >= 15 is 0 Å². The number of hydrogen-bond acceptors (Lipinski definition) is 7. The van der Waals surface area contributed by atoms with Crippen LogP contribution in [0.25, 0.3) is 10.8 Å². The molecule has 0 aliphatic carbocycles. The van der Waals surface area contributed by atoms with Crippen LogP contribution in [0.4, 0.5) is 5.69 Å². The van der Waals surface area contributed by atoms with Gasteiger partial charge < -0.3 is 21.1 Å². The molecule has 1 aliphatic heterocycles. The Kier molecular flexibility index (Phi) is 7.42. The fourth-order valence-electron chi connectivity index (χ4n) is 4.95. The Morgan fingerprint density at radius 2 is 1.90 bits per heavy atom. The van der Waals surface area contributed by atoms with Gasteiger partial charge in [0.1, 0.15) is 17.8 Å². The van der Waals surface area contributed by atoms with Crippen molar-refractivity contribution >= 4 is 38.2 Å². The Balaban J connectivity index is 1.73. The van der Waals surface area contributed by atoms with Crippen LogP contribution in [-0.4, -0.2) is 48.0 Å². The van der Waals surface area contributed by atoms with Crippen LogP contribution in [-0.2, 0) is 21.4 Å². The van der Waals surface area contributed by atoms with Gasteiger partial charge in [-0.15, -0.1) is 0 Å². The molecular weight excluding hydrogens is 528 g/mol. The first-order chi connectivity index (χ1) is 19.2. The molecule has 0 spiro atoms. The summed E-state index contributed by atoms with van der Waals surface area (Å²) < 4.78 is 35.7. The minimum Gasteiger partial charge on any atom is -0.497 e. The number of carbonyl (C=O) groups excluding carboxylic acids is 1. The van der Waals surface area contributed by atoms with Crippen molar-refractivity contribution in [1.82, 2.24) is 14.2 Å². The number of rotatable bonds is 9. The number of carbonyl (C=O) groups is 1. The molecule has 10 nitrogen and oxygen atoms in total. The normalized spacial score (nSPS) is 14.6. The maximum absolute atomic E-state index is 14.6. The first kappa shape index (κ1) is 27.1. The molecule has 1 atom stereocenters. The van der Waals surface area contributed by atoms with Gasteiger partial charge in [0.2, 0.25) is 15.9 Å². The Hall–Kier alpha value is -4.48. The third kappa shape index (κ3) is 5.21. The number of aromatic nitrogens is 1. The van der Waals surface area contributed by atoms with E-state index < -0.39 is 16.2 Å². The number of amidine groups is 1. The van der Waals surface area contributed by atoms with Gasteiger partial charge in [0.25, 0.3) is 0 Å². The zero-order valence-corrected chi connectivity index (χ0v) is 22.8. The van der Waals surface area contributed by atoms with Crippen molar-refractivity contribution in [2.75, 3.05) is 19.4 Å². The molecule has 0 bridgehead atoms. The van der Waals surface area contributed by atoms with Crippen molar-refractivity contribution in [3.63, 3.8) is 0 Å². The highest BCUT2D eigenvalue weighted by Crippen LogP contribution is 2.38. The number of pyridine rings is 1. The highest BCUT2D eigenvalue weighted by Gasteiger charge is 2.41. The minimum atomic E-state index is -4.25. The number of anilines is 1. The van der Waals surface area contributed by atoms with E-state index in [2.05, 4.69) is 4.98 Å². The number of nitrogen functional groups attached to an aromatic ring is 2. The van der Waals surface area contributed by atoms with Crippen LogP contribution in [0.1, 0.15) is 35.8 Å². The van der Waals surface area contributed by atoms with Gasteiger partial charge in [0.15, 0.2) is 0 Å². The highest BCUT2D eigenvalue weighted by molar-refractivity contribution is 7.89. The molecule has 2 heterocycles. The summed E-state index contributed by atoms with van der Waals surface area (Å²) in [5, 5.41) is 9.48. The molecule has 0 saturated carbocycles. The number of nitrogens with one attached hydrogen (secondary N) is 1. The largest absolute Gasteiger partial charge is 0.497 e. The fraction of sp³-hybridized carbons (Fsp3) is 0.207. The summed E-state index contributed by atoms with van der Waals surface area (Å²) in [7, 11) is -2.70. The quantitative estimate of drug-likeness (QED) is 0.161. The van der Waals surface area contributed by atoms with E-state index in [9.17, 15) is 13.2 Å². The van der Waals surface area contributed by atoms with Gasteiger partial charge >= 0.3 is 0 Å². The van der Waals surface area contributed by atoms with Crippen LogP contribution < -0.4 is 16.2 Å². The average molecular weight is 559 g/mol. The lowest BCUT2D eigenvalue weighted by molar-refractivity contribution is -0.132. The number of benzene rings is 3. The van der Waals surface area contributed by atoms with Gasteiger partial charge in [0.05, 0.1) is 24.2 Å². The van der Waals surface area contributed by atoms with Gasteiger partial charge in [-0.25, -0.2) is 8.42 Å². The first-order valence-electron chi connectivity index (χ1n) is 12.7. The van der Waals surface area contributed by atoms with Gasteiger partial charge in [-0.3, -0.25) is 15.2 Å². The molecule has 40 heavy (non-hydrogen) atoms. The molecule has 1 saturated heterocycles. The summed E-state index contributed by atoms with van der Waals surface area (Å²) in [4.78, 5) is 19.1. The van der Waals surface area contributed by atoms with E-state index in [-0.39, 0.29) is 35.3 Å². The predicted octanol–water partition coefficient (Wildman–Crippen LogP) is 3.62. The standard InChI is InChI=1S/C29H30N6O4S/c1-39-23-10-7-19-8-11-24(16-21(19)15-23)40(37,38)35(18-22-5-2-3-13-33-22)29(34-14-4-6-27(34)36)25-17-20(28(31)32)9-12-26(25)30/h2-3,5,7-13,15-17,29H,4,6,14,18,30H2,1H3,(H3,31,32). The minimum absolute atomic E-state index is 0.0436. The van der Waals surface area contributed by atoms with Crippen LogP contribution >= 0.6 is 0 Å². The van der Waals surface area contributed by atoms with E-state index in [4.69, 9.17) is 21.6 Å². The van der Waals surface area contributed by atoms with Crippen molar-refractivity contribution in [3.05, 3.63) is 95.8 Å². The lowest BCUT2D eigenvalue weighted by atomic mass is 10.0. The lowest BCUT2D eigenvalue weighted by Gasteiger charge is -2.38. The molecule has 1 aromatic heterocycles. The zero-order chi connectivity index (χ0) is 28.4. The topological polar surface area (TPSA) is 156 Å². The zero-order valence-electron chi connectivity index (χ0n) is 21.9. The van der Waals surface area contributed by atoms with Crippen molar-refractivity contribution in [3.8, 4) is 5.75 Å². The summed E-state index contributed by atoms with van der Waals surface area (Å²) in [5.41, 5.74) is 13.7. The number of likely N-dealkylation sites (tertiary alicyclic amines) is 1. The molecule has 1 aliphatic rings. The van der Waals surface area contributed by atoms with Crippen molar-refractivity contribution in [2.24, 2.45) is 5.73 Å². The third-order valence-corrected chi connectivity index (χ3v) is 8.82. The second kappa shape index (κ2) is 10.9. The van der Waals surface area contributed by atoms with Crippen LogP contribution in [0.15, 0.2) is 83.9 Å². The number of amides is 1. The predicted molar refractivity (Wildman–Crippen MR) is 153 cm³/mol. The summed E-state index contributed by atoms with van der Waals surface area (Å²) in [5.74, 6) is 0.208. The molecule has 3 aromatic carbocycles. The van der Waals surface area contributed by atoms with Crippen molar-refractivity contribution < 1.29 is 17.9 Å².